The summed E-state index contributed by atoms with van der Waals surface area (Å²) in [7, 11) is 0. The maximum absolute atomic E-state index is 14.3. The Kier molecular flexibility index (Phi) is 4.51. The van der Waals surface area contributed by atoms with E-state index < -0.39 is 24.9 Å². The zero-order valence-electron chi connectivity index (χ0n) is 12.6. The summed E-state index contributed by atoms with van der Waals surface area (Å²) < 4.78 is 52.9. The lowest BCUT2D eigenvalue weighted by Gasteiger charge is -2.24. The van der Waals surface area contributed by atoms with Crippen LogP contribution < -0.4 is 4.90 Å². The Morgan fingerprint density at radius 2 is 1.80 bits per heavy atom. The van der Waals surface area contributed by atoms with Crippen LogP contribution in [0, 0.1) is 0 Å². The number of carbonyl (C=O) groups is 1. The van der Waals surface area contributed by atoms with Crippen LogP contribution in [0.25, 0.3) is 0 Å². The highest BCUT2D eigenvalue weighted by atomic mass is 35.5. The van der Waals surface area contributed by atoms with Crippen LogP contribution in [-0.2, 0) is 4.79 Å². The molecule has 1 unspecified atom stereocenters. The third kappa shape index (κ3) is 3.66. The van der Waals surface area contributed by atoms with Gasteiger partial charge in [-0.1, -0.05) is 41.9 Å². The molecule has 8 heteroatoms. The molecule has 1 aliphatic heterocycles. The zero-order valence-corrected chi connectivity index (χ0v) is 13.4. The van der Waals surface area contributed by atoms with E-state index in [1.54, 1.807) is 30.3 Å². The smallest absolute Gasteiger partial charge is 0.298 e. The van der Waals surface area contributed by atoms with Crippen molar-refractivity contribution in [3.05, 3.63) is 64.7 Å². The summed E-state index contributed by atoms with van der Waals surface area (Å²) in [6.07, 6.45) is -7.13. The largest absolute Gasteiger partial charge is 0.406 e. The van der Waals surface area contributed by atoms with E-state index in [0.29, 0.717) is 10.5 Å². The predicted molar refractivity (Wildman–Crippen MR) is 86.8 cm³/mol. The van der Waals surface area contributed by atoms with Crippen LogP contribution in [0.15, 0.2) is 53.5 Å². The first-order valence-electron chi connectivity index (χ1n) is 7.21. The molecule has 0 saturated heterocycles. The number of amides is 1. The number of fused-ring (bicyclic) bond motifs is 1. The van der Waals surface area contributed by atoms with Gasteiger partial charge in [0.2, 0.25) is 0 Å². The molecule has 2 aromatic carbocycles. The third-order valence-corrected chi connectivity index (χ3v) is 3.84. The van der Waals surface area contributed by atoms with Gasteiger partial charge in [0.15, 0.2) is 0 Å². The molecule has 1 aliphatic rings. The van der Waals surface area contributed by atoms with E-state index in [9.17, 15) is 22.4 Å². The third-order valence-electron chi connectivity index (χ3n) is 3.60. The highest BCUT2D eigenvalue weighted by Crippen LogP contribution is 2.33. The molecule has 1 amide bonds. The van der Waals surface area contributed by atoms with Gasteiger partial charge in [0, 0.05) is 16.1 Å². The van der Waals surface area contributed by atoms with Crippen LogP contribution in [0.5, 0.6) is 0 Å². The van der Waals surface area contributed by atoms with Crippen LogP contribution in [0.3, 0.4) is 0 Å². The van der Waals surface area contributed by atoms with Gasteiger partial charge >= 0.3 is 6.18 Å². The minimum Gasteiger partial charge on any atom is -0.298 e. The van der Waals surface area contributed by atoms with Crippen LogP contribution in [-0.4, -0.2) is 30.6 Å². The van der Waals surface area contributed by atoms with Gasteiger partial charge in [0.1, 0.15) is 6.54 Å². The quantitative estimate of drug-likeness (QED) is 0.570. The van der Waals surface area contributed by atoms with Crippen molar-refractivity contribution in [2.24, 2.45) is 4.99 Å². The first-order chi connectivity index (χ1) is 11.8. The van der Waals surface area contributed by atoms with E-state index in [-0.39, 0.29) is 22.0 Å². The maximum atomic E-state index is 14.3. The summed E-state index contributed by atoms with van der Waals surface area (Å²) in [5.74, 6) is -1.37. The van der Waals surface area contributed by atoms with Crippen molar-refractivity contribution in [3.63, 3.8) is 0 Å². The Bertz CT molecular complexity index is 836. The van der Waals surface area contributed by atoms with Crippen LogP contribution in [0.4, 0.5) is 23.2 Å². The van der Waals surface area contributed by atoms with Gasteiger partial charge in [0.05, 0.1) is 11.4 Å². The fourth-order valence-corrected chi connectivity index (χ4v) is 2.76. The Morgan fingerprint density at radius 1 is 1.12 bits per heavy atom. The monoisotopic (exact) mass is 370 g/mol. The fourth-order valence-electron chi connectivity index (χ4n) is 2.59. The van der Waals surface area contributed by atoms with Crippen molar-refractivity contribution in [2.45, 2.75) is 12.5 Å². The van der Waals surface area contributed by atoms with Crippen molar-refractivity contribution in [3.8, 4) is 0 Å². The number of carbonyl (C=O) groups excluding carboxylic acids is 1. The standard InChI is InChI=1S/C17H11ClF4N2O/c18-11-6-7-13-12(8-11)14(10-4-2-1-3-5-10)23-15(19)16(25)24(13)9-17(20,21)22/h1-8,15H,9H2. The number of halogens is 5. The number of hydrogen-bond acceptors (Lipinski definition) is 2. The Hall–Kier alpha value is -2.41. The lowest BCUT2D eigenvalue weighted by Crippen LogP contribution is -2.42. The highest BCUT2D eigenvalue weighted by molar-refractivity contribution is 6.32. The maximum Gasteiger partial charge on any atom is 0.406 e. The van der Waals surface area contributed by atoms with Crippen LogP contribution in [0.2, 0.25) is 5.02 Å². The van der Waals surface area contributed by atoms with Crippen molar-refractivity contribution >= 4 is 28.9 Å². The molecule has 3 rings (SSSR count). The van der Waals surface area contributed by atoms with Crippen molar-refractivity contribution in [1.29, 1.82) is 0 Å². The second-order valence-electron chi connectivity index (χ2n) is 5.38. The van der Waals surface area contributed by atoms with Gasteiger partial charge in [-0.15, -0.1) is 0 Å². The van der Waals surface area contributed by atoms with E-state index in [1.807, 2.05) is 0 Å². The average molecular weight is 371 g/mol. The van der Waals surface area contributed by atoms with Gasteiger partial charge in [0.25, 0.3) is 12.2 Å². The van der Waals surface area contributed by atoms with E-state index in [2.05, 4.69) is 4.99 Å². The average Bonchev–Trinajstić information content (AvgIpc) is 2.65. The molecule has 0 bridgehead atoms. The Balaban J connectivity index is 2.22. The summed E-state index contributed by atoms with van der Waals surface area (Å²) >= 11 is 5.96. The molecular formula is C17H11ClF4N2O. The van der Waals surface area contributed by atoms with Crippen molar-refractivity contribution in [1.82, 2.24) is 0 Å². The number of hydrogen-bond donors (Lipinski definition) is 0. The molecule has 0 spiro atoms. The molecule has 25 heavy (non-hydrogen) atoms. The van der Waals surface area contributed by atoms with Crippen LogP contribution >= 0.6 is 11.6 Å². The topological polar surface area (TPSA) is 32.7 Å². The molecule has 1 atom stereocenters. The molecule has 0 radical (unpaired) electrons. The van der Waals surface area contributed by atoms with E-state index in [0.717, 1.165) is 0 Å². The SMILES string of the molecule is O=C1C(F)N=C(c2ccccc2)c2cc(Cl)ccc2N1CC(F)(F)F. The first kappa shape index (κ1) is 17.4. The number of benzodiazepines with no additional fused rings is 1. The number of benzene rings is 2. The van der Waals surface area contributed by atoms with Gasteiger partial charge < -0.3 is 0 Å². The van der Waals surface area contributed by atoms with Gasteiger partial charge in [-0.3, -0.25) is 9.69 Å². The Labute approximate surface area is 145 Å². The first-order valence-corrected chi connectivity index (χ1v) is 7.59. The van der Waals surface area contributed by atoms with Crippen molar-refractivity contribution < 1.29 is 22.4 Å². The molecule has 0 aromatic heterocycles. The lowest BCUT2D eigenvalue weighted by molar-refractivity contribution is -0.135. The number of alkyl halides is 4. The molecular weight excluding hydrogens is 360 g/mol. The summed E-state index contributed by atoms with van der Waals surface area (Å²) in [4.78, 5) is 16.2. The molecule has 3 nitrogen and oxygen atoms in total. The molecule has 0 N–H and O–H groups in total. The van der Waals surface area contributed by atoms with E-state index in [1.165, 1.54) is 18.2 Å². The number of aliphatic imine (C=N–C) groups is 1. The summed E-state index contributed by atoms with van der Waals surface area (Å²) in [6, 6.07) is 12.3. The summed E-state index contributed by atoms with van der Waals surface area (Å²) in [5.41, 5.74) is 0.616. The fraction of sp³-hybridized carbons (Fsp3) is 0.176. The normalized spacial score (nSPS) is 17.8. The molecule has 0 aliphatic carbocycles. The molecule has 0 saturated carbocycles. The second-order valence-corrected chi connectivity index (χ2v) is 5.82. The minimum absolute atomic E-state index is 0.0728. The lowest BCUT2D eigenvalue weighted by atomic mass is 10.00. The van der Waals surface area contributed by atoms with E-state index in [4.69, 9.17) is 11.6 Å². The minimum atomic E-state index is -4.69. The van der Waals surface area contributed by atoms with Gasteiger partial charge in [-0.05, 0) is 18.2 Å². The number of rotatable bonds is 2. The zero-order chi connectivity index (χ0) is 18.2. The molecule has 2 aromatic rings. The number of nitrogens with zero attached hydrogens (tertiary/aromatic N) is 2. The summed E-state index contributed by atoms with van der Waals surface area (Å²) in [6.45, 7) is -1.61. The van der Waals surface area contributed by atoms with Gasteiger partial charge in [-0.25, -0.2) is 9.38 Å². The highest BCUT2D eigenvalue weighted by Gasteiger charge is 2.39. The molecule has 130 valence electrons. The van der Waals surface area contributed by atoms with Gasteiger partial charge in [-0.2, -0.15) is 13.2 Å². The molecule has 1 heterocycles. The van der Waals surface area contributed by atoms with E-state index >= 15 is 0 Å². The predicted octanol–water partition coefficient (Wildman–Crippen LogP) is 4.38. The number of anilines is 1. The van der Waals surface area contributed by atoms with Crippen LogP contribution in [0.1, 0.15) is 11.1 Å². The molecule has 0 fully saturated rings. The Morgan fingerprint density at radius 3 is 2.44 bits per heavy atom. The second kappa shape index (κ2) is 6.48. The summed E-state index contributed by atoms with van der Waals surface area (Å²) in [5, 5.41) is 0.235. The van der Waals surface area contributed by atoms with Crippen molar-refractivity contribution in [2.75, 3.05) is 11.4 Å².